The Morgan fingerprint density at radius 3 is 1.92 bits per heavy atom. The summed E-state index contributed by atoms with van der Waals surface area (Å²) in [5, 5.41) is 0. The van der Waals surface area contributed by atoms with Crippen molar-refractivity contribution < 1.29 is 9.59 Å². The maximum absolute atomic E-state index is 12.4. The van der Waals surface area contributed by atoms with Crippen molar-refractivity contribution in [2.45, 2.75) is 46.5 Å². The highest BCUT2D eigenvalue weighted by Gasteiger charge is 2.24. The van der Waals surface area contributed by atoms with Crippen LogP contribution in [0.2, 0.25) is 0 Å². The molecule has 0 radical (unpaired) electrons. The van der Waals surface area contributed by atoms with Crippen molar-refractivity contribution in [3.8, 4) is 0 Å². The van der Waals surface area contributed by atoms with Gasteiger partial charge in [0.15, 0.2) is 0 Å². The van der Waals surface area contributed by atoms with E-state index in [-0.39, 0.29) is 11.8 Å². The third-order valence-electron chi connectivity index (χ3n) is 4.63. The zero-order valence-corrected chi connectivity index (χ0v) is 15.3. The number of rotatable bonds is 6. The second-order valence-electron chi connectivity index (χ2n) is 7.03. The molecular formula is C20H30N2O2. The van der Waals surface area contributed by atoms with E-state index in [4.69, 9.17) is 0 Å². The van der Waals surface area contributed by atoms with Crippen LogP contribution in [0.25, 0.3) is 0 Å². The topological polar surface area (TPSA) is 40.6 Å². The Hall–Kier alpha value is -1.84. The van der Waals surface area contributed by atoms with Crippen molar-refractivity contribution in [1.29, 1.82) is 0 Å². The maximum atomic E-state index is 12.4. The smallest absolute Gasteiger partial charge is 0.223 e. The lowest BCUT2D eigenvalue weighted by molar-refractivity contribution is -0.140. The summed E-state index contributed by atoms with van der Waals surface area (Å²) >= 11 is 0. The van der Waals surface area contributed by atoms with E-state index in [9.17, 15) is 9.59 Å². The molecule has 2 rings (SSSR count). The molecule has 0 saturated carbocycles. The molecule has 1 heterocycles. The van der Waals surface area contributed by atoms with Crippen LogP contribution in [-0.4, -0.2) is 47.8 Å². The van der Waals surface area contributed by atoms with Gasteiger partial charge in [-0.25, -0.2) is 0 Å². The quantitative estimate of drug-likeness (QED) is 0.805. The number of hydrogen-bond donors (Lipinski definition) is 0. The molecule has 1 aliphatic rings. The highest BCUT2D eigenvalue weighted by Crippen LogP contribution is 2.11. The molecule has 0 bridgehead atoms. The third kappa shape index (κ3) is 5.36. The predicted molar refractivity (Wildman–Crippen MR) is 96.8 cm³/mol. The van der Waals surface area contributed by atoms with Crippen LogP contribution in [0.15, 0.2) is 24.3 Å². The standard InChI is InChI=1S/C20H30N2O2/c1-4-17-5-7-18(8-6-17)9-10-19(23)21-11-13-22(14-12-21)20(24)15-16(2)3/h5-8,16H,4,9-15H2,1-3H3. The van der Waals surface area contributed by atoms with Crippen LogP contribution in [0, 0.1) is 5.92 Å². The van der Waals surface area contributed by atoms with E-state index in [1.807, 2.05) is 9.80 Å². The van der Waals surface area contributed by atoms with Crippen LogP contribution in [0.5, 0.6) is 0 Å². The summed E-state index contributed by atoms with van der Waals surface area (Å²) in [5.74, 6) is 0.801. The molecule has 1 aromatic rings. The van der Waals surface area contributed by atoms with Gasteiger partial charge in [0.25, 0.3) is 0 Å². The number of carbonyl (C=O) groups is 2. The largest absolute Gasteiger partial charge is 0.339 e. The molecule has 1 saturated heterocycles. The molecule has 1 fully saturated rings. The van der Waals surface area contributed by atoms with Crippen molar-refractivity contribution in [3.63, 3.8) is 0 Å². The fraction of sp³-hybridized carbons (Fsp3) is 0.600. The second-order valence-corrected chi connectivity index (χ2v) is 7.03. The lowest BCUT2D eigenvalue weighted by Crippen LogP contribution is -2.50. The molecule has 1 aliphatic heterocycles. The Morgan fingerprint density at radius 2 is 1.42 bits per heavy atom. The number of nitrogens with zero attached hydrogens (tertiary/aromatic N) is 2. The molecule has 24 heavy (non-hydrogen) atoms. The minimum atomic E-state index is 0.200. The van der Waals surface area contributed by atoms with Gasteiger partial charge in [-0.05, 0) is 29.9 Å². The summed E-state index contributed by atoms with van der Waals surface area (Å²) in [6.07, 6.45) is 2.97. The molecule has 132 valence electrons. The number of hydrogen-bond acceptors (Lipinski definition) is 2. The van der Waals surface area contributed by atoms with Gasteiger partial charge in [-0.2, -0.15) is 0 Å². The monoisotopic (exact) mass is 330 g/mol. The van der Waals surface area contributed by atoms with Gasteiger partial charge in [0, 0.05) is 39.0 Å². The number of piperazine rings is 1. The molecule has 1 aromatic carbocycles. The Balaban J connectivity index is 1.75. The zero-order chi connectivity index (χ0) is 17.5. The minimum Gasteiger partial charge on any atom is -0.339 e. The molecule has 0 unspecified atom stereocenters. The molecule has 0 atom stereocenters. The fourth-order valence-corrected chi connectivity index (χ4v) is 3.03. The van der Waals surface area contributed by atoms with Crippen LogP contribution in [0.1, 0.15) is 44.7 Å². The first kappa shape index (κ1) is 18.5. The molecule has 0 aromatic heterocycles. The van der Waals surface area contributed by atoms with E-state index < -0.39 is 0 Å². The van der Waals surface area contributed by atoms with E-state index in [1.54, 1.807) is 0 Å². The van der Waals surface area contributed by atoms with E-state index >= 15 is 0 Å². The van der Waals surface area contributed by atoms with Gasteiger partial charge < -0.3 is 9.80 Å². The van der Waals surface area contributed by atoms with E-state index in [0.717, 1.165) is 12.8 Å². The first-order valence-corrected chi connectivity index (χ1v) is 9.13. The molecule has 0 aliphatic carbocycles. The number of benzene rings is 1. The predicted octanol–water partition coefficient (Wildman–Crippen LogP) is 2.90. The van der Waals surface area contributed by atoms with Gasteiger partial charge in [0.05, 0.1) is 0 Å². The highest BCUT2D eigenvalue weighted by atomic mass is 16.2. The minimum absolute atomic E-state index is 0.200. The molecule has 4 heteroatoms. The second kappa shape index (κ2) is 8.86. The van der Waals surface area contributed by atoms with Crippen LogP contribution < -0.4 is 0 Å². The first-order valence-electron chi connectivity index (χ1n) is 9.13. The zero-order valence-electron chi connectivity index (χ0n) is 15.3. The van der Waals surface area contributed by atoms with E-state index in [2.05, 4.69) is 45.0 Å². The molecule has 4 nitrogen and oxygen atoms in total. The van der Waals surface area contributed by atoms with Gasteiger partial charge in [-0.3, -0.25) is 9.59 Å². The molecular weight excluding hydrogens is 300 g/mol. The third-order valence-corrected chi connectivity index (χ3v) is 4.63. The maximum Gasteiger partial charge on any atom is 0.223 e. The summed E-state index contributed by atoms with van der Waals surface area (Å²) < 4.78 is 0. The summed E-state index contributed by atoms with van der Waals surface area (Å²) in [7, 11) is 0. The number of amides is 2. The summed E-state index contributed by atoms with van der Waals surface area (Å²) in [6, 6.07) is 8.51. The Morgan fingerprint density at radius 1 is 0.917 bits per heavy atom. The van der Waals surface area contributed by atoms with Gasteiger partial charge in [0.1, 0.15) is 0 Å². The van der Waals surface area contributed by atoms with Crippen molar-refractivity contribution in [3.05, 3.63) is 35.4 Å². The Kier molecular flexibility index (Phi) is 6.83. The summed E-state index contributed by atoms with van der Waals surface area (Å²) in [4.78, 5) is 28.2. The SMILES string of the molecule is CCc1ccc(CCC(=O)N2CCN(C(=O)CC(C)C)CC2)cc1. The van der Waals surface area contributed by atoms with Crippen molar-refractivity contribution >= 4 is 11.8 Å². The Labute approximate surface area is 145 Å². The van der Waals surface area contributed by atoms with Gasteiger partial charge >= 0.3 is 0 Å². The summed E-state index contributed by atoms with van der Waals surface area (Å²) in [6.45, 7) is 8.93. The van der Waals surface area contributed by atoms with Gasteiger partial charge in [0.2, 0.25) is 11.8 Å². The van der Waals surface area contributed by atoms with E-state index in [0.29, 0.717) is 44.9 Å². The van der Waals surface area contributed by atoms with Gasteiger partial charge in [-0.15, -0.1) is 0 Å². The van der Waals surface area contributed by atoms with Crippen molar-refractivity contribution in [1.82, 2.24) is 9.80 Å². The molecule has 0 N–H and O–H groups in total. The highest BCUT2D eigenvalue weighted by molar-refractivity contribution is 5.78. The van der Waals surface area contributed by atoms with Crippen molar-refractivity contribution in [2.75, 3.05) is 26.2 Å². The van der Waals surface area contributed by atoms with Crippen LogP contribution in [-0.2, 0) is 22.4 Å². The van der Waals surface area contributed by atoms with Crippen LogP contribution >= 0.6 is 0 Å². The average Bonchev–Trinajstić information content (AvgIpc) is 2.59. The van der Waals surface area contributed by atoms with Crippen LogP contribution in [0.4, 0.5) is 0 Å². The normalized spacial score (nSPS) is 15.0. The first-order chi connectivity index (χ1) is 11.5. The fourth-order valence-electron chi connectivity index (χ4n) is 3.03. The number of carbonyl (C=O) groups excluding carboxylic acids is 2. The average molecular weight is 330 g/mol. The van der Waals surface area contributed by atoms with Crippen molar-refractivity contribution in [2.24, 2.45) is 5.92 Å². The van der Waals surface area contributed by atoms with E-state index in [1.165, 1.54) is 11.1 Å². The molecule has 0 spiro atoms. The Bertz CT molecular complexity index is 543. The molecule has 2 amide bonds. The van der Waals surface area contributed by atoms with Crippen LogP contribution in [0.3, 0.4) is 0 Å². The summed E-state index contributed by atoms with van der Waals surface area (Å²) in [5.41, 5.74) is 2.54. The lowest BCUT2D eigenvalue weighted by Gasteiger charge is -2.35. The van der Waals surface area contributed by atoms with Gasteiger partial charge in [-0.1, -0.05) is 45.0 Å². The number of aryl methyl sites for hydroxylation is 2. The lowest BCUT2D eigenvalue weighted by atomic mass is 10.1.